The minimum Gasteiger partial charge on any atom is -0.492 e. The third-order valence-electron chi connectivity index (χ3n) is 3.51. The van der Waals surface area contributed by atoms with Crippen LogP contribution in [0.25, 0.3) is 0 Å². The first-order valence-corrected chi connectivity index (χ1v) is 6.91. The second-order valence-corrected chi connectivity index (χ2v) is 4.83. The van der Waals surface area contributed by atoms with Crippen LogP contribution in [0.4, 0.5) is 5.69 Å². The molecule has 0 atom stereocenters. The van der Waals surface area contributed by atoms with E-state index in [1.165, 1.54) is 39.2 Å². The topological polar surface area (TPSA) is 74.1 Å². The molecule has 0 radical (unpaired) electrons. The fourth-order valence-electron chi connectivity index (χ4n) is 2.40. The van der Waals surface area contributed by atoms with Crippen molar-refractivity contribution in [3.05, 3.63) is 22.2 Å². The molecule has 116 valence electrons. The highest BCUT2D eigenvalue weighted by Crippen LogP contribution is 2.40. The highest BCUT2D eigenvalue weighted by Gasteiger charge is 2.20. The first-order chi connectivity index (χ1) is 10.2. The SMILES string of the molecule is COc1cc([N+](=O)[O-])cc(OC)c1OCCN1CCCC1. The van der Waals surface area contributed by atoms with Gasteiger partial charge < -0.3 is 14.2 Å². The van der Waals surface area contributed by atoms with Crippen molar-refractivity contribution in [3.8, 4) is 17.2 Å². The molecule has 0 amide bonds. The molecule has 1 aromatic rings. The Kier molecular flexibility index (Phi) is 5.21. The zero-order chi connectivity index (χ0) is 15.2. The van der Waals surface area contributed by atoms with Crippen molar-refractivity contribution in [2.24, 2.45) is 0 Å². The summed E-state index contributed by atoms with van der Waals surface area (Å²) in [5, 5.41) is 10.9. The van der Waals surface area contributed by atoms with E-state index in [9.17, 15) is 10.1 Å². The number of nitrogens with zero attached hydrogens (tertiary/aromatic N) is 2. The zero-order valence-electron chi connectivity index (χ0n) is 12.3. The van der Waals surface area contributed by atoms with Crippen LogP contribution in [0, 0.1) is 10.1 Å². The molecule has 0 spiro atoms. The smallest absolute Gasteiger partial charge is 0.277 e. The summed E-state index contributed by atoms with van der Waals surface area (Å²) in [4.78, 5) is 12.7. The van der Waals surface area contributed by atoms with Crippen LogP contribution in [0.5, 0.6) is 17.2 Å². The van der Waals surface area contributed by atoms with E-state index in [-0.39, 0.29) is 5.69 Å². The zero-order valence-corrected chi connectivity index (χ0v) is 12.3. The third-order valence-corrected chi connectivity index (χ3v) is 3.51. The predicted octanol–water partition coefficient (Wildman–Crippen LogP) is 2.09. The highest BCUT2D eigenvalue weighted by molar-refractivity contribution is 5.58. The molecule has 1 saturated heterocycles. The summed E-state index contributed by atoms with van der Waals surface area (Å²) in [5.74, 6) is 1.02. The number of benzene rings is 1. The third kappa shape index (κ3) is 3.75. The number of methoxy groups -OCH3 is 2. The fraction of sp³-hybridized carbons (Fsp3) is 0.571. The number of non-ortho nitro benzene ring substituents is 1. The largest absolute Gasteiger partial charge is 0.492 e. The maximum Gasteiger partial charge on any atom is 0.277 e. The van der Waals surface area contributed by atoms with Crippen LogP contribution in [-0.2, 0) is 0 Å². The van der Waals surface area contributed by atoms with Gasteiger partial charge in [0.2, 0.25) is 5.75 Å². The van der Waals surface area contributed by atoms with Crippen molar-refractivity contribution >= 4 is 5.69 Å². The van der Waals surface area contributed by atoms with Gasteiger partial charge in [0.1, 0.15) is 6.61 Å². The molecule has 1 aromatic carbocycles. The Hall–Kier alpha value is -2.02. The van der Waals surface area contributed by atoms with Gasteiger partial charge in [-0.3, -0.25) is 15.0 Å². The first kappa shape index (κ1) is 15.4. The van der Waals surface area contributed by atoms with E-state index >= 15 is 0 Å². The molecule has 0 N–H and O–H groups in total. The van der Waals surface area contributed by atoms with E-state index in [1.54, 1.807) is 0 Å². The molecule has 1 heterocycles. The second kappa shape index (κ2) is 7.12. The van der Waals surface area contributed by atoms with Crippen LogP contribution in [0.1, 0.15) is 12.8 Å². The minimum atomic E-state index is -0.487. The lowest BCUT2D eigenvalue weighted by molar-refractivity contribution is -0.385. The predicted molar refractivity (Wildman–Crippen MR) is 77.4 cm³/mol. The Bertz CT molecular complexity index is 475. The Balaban J connectivity index is 2.10. The molecule has 1 aliphatic heterocycles. The van der Waals surface area contributed by atoms with E-state index in [0.29, 0.717) is 23.9 Å². The van der Waals surface area contributed by atoms with Gasteiger partial charge in [0, 0.05) is 6.54 Å². The quantitative estimate of drug-likeness (QED) is 0.566. The van der Waals surface area contributed by atoms with Crippen molar-refractivity contribution in [2.45, 2.75) is 12.8 Å². The van der Waals surface area contributed by atoms with E-state index in [4.69, 9.17) is 14.2 Å². The van der Waals surface area contributed by atoms with E-state index in [1.807, 2.05) is 0 Å². The van der Waals surface area contributed by atoms with Crippen molar-refractivity contribution in [1.82, 2.24) is 4.90 Å². The number of likely N-dealkylation sites (tertiary alicyclic amines) is 1. The van der Waals surface area contributed by atoms with Gasteiger partial charge in [-0.05, 0) is 25.9 Å². The number of hydrogen-bond acceptors (Lipinski definition) is 6. The van der Waals surface area contributed by atoms with E-state index in [2.05, 4.69) is 4.90 Å². The van der Waals surface area contributed by atoms with Crippen molar-refractivity contribution in [1.29, 1.82) is 0 Å². The summed E-state index contributed by atoms with van der Waals surface area (Å²) in [6.07, 6.45) is 2.45. The molecule has 0 saturated carbocycles. The van der Waals surface area contributed by atoms with Gasteiger partial charge in [-0.15, -0.1) is 0 Å². The lowest BCUT2D eigenvalue weighted by atomic mass is 10.2. The lowest BCUT2D eigenvalue weighted by Crippen LogP contribution is -2.25. The van der Waals surface area contributed by atoms with Crippen LogP contribution in [0.3, 0.4) is 0 Å². The van der Waals surface area contributed by atoms with Gasteiger partial charge in [-0.1, -0.05) is 0 Å². The average Bonchev–Trinajstić information content (AvgIpc) is 3.00. The molecule has 1 fully saturated rings. The summed E-state index contributed by atoms with van der Waals surface area (Å²) in [5.41, 5.74) is -0.0874. The molecule has 0 aromatic heterocycles. The molecule has 0 unspecified atom stereocenters. The minimum absolute atomic E-state index is 0.0874. The normalized spacial score (nSPS) is 15.0. The van der Waals surface area contributed by atoms with Gasteiger partial charge in [-0.2, -0.15) is 0 Å². The van der Waals surface area contributed by atoms with Crippen LogP contribution in [0.2, 0.25) is 0 Å². The average molecular weight is 296 g/mol. The van der Waals surface area contributed by atoms with Gasteiger partial charge >= 0.3 is 0 Å². The lowest BCUT2D eigenvalue weighted by Gasteiger charge is -2.17. The first-order valence-electron chi connectivity index (χ1n) is 6.91. The van der Waals surface area contributed by atoms with E-state index in [0.717, 1.165) is 19.6 Å². The molecule has 0 bridgehead atoms. The molecular weight excluding hydrogens is 276 g/mol. The molecule has 0 aliphatic carbocycles. The van der Waals surface area contributed by atoms with Gasteiger partial charge in [-0.25, -0.2) is 0 Å². The van der Waals surface area contributed by atoms with Crippen molar-refractivity contribution in [3.63, 3.8) is 0 Å². The van der Waals surface area contributed by atoms with E-state index < -0.39 is 4.92 Å². The maximum atomic E-state index is 10.9. The Morgan fingerprint density at radius 1 is 1.19 bits per heavy atom. The monoisotopic (exact) mass is 296 g/mol. The second-order valence-electron chi connectivity index (χ2n) is 4.83. The molecule has 7 heteroatoms. The van der Waals surface area contributed by atoms with Crippen molar-refractivity contribution in [2.75, 3.05) is 40.5 Å². The highest BCUT2D eigenvalue weighted by atomic mass is 16.6. The van der Waals surface area contributed by atoms with Crippen LogP contribution >= 0.6 is 0 Å². The number of nitro groups is 1. The van der Waals surface area contributed by atoms with Gasteiger partial charge in [0.15, 0.2) is 11.5 Å². The Morgan fingerprint density at radius 2 is 1.76 bits per heavy atom. The molecule has 7 nitrogen and oxygen atoms in total. The molecular formula is C14H20N2O5. The Labute approximate surface area is 123 Å². The molecule has 2 rings (SSSR count). The summed E-state index contributed by atoms with van der Waals surface area (Å²) in [7, 11) is 2.90. The number of hydrogen-bond donors (Lipinski definition) is 0. The summed E-state index contributed by atoms with van der Waals surface area (Å²) < 4.78 is 16.1. The maximum absolute atomic E-state index is 10.9. The molecule has 1 aliphatic rings. The van der Waals surface area contributed by atoms with Gasteiger partial charge in [0.05, 0.1) is 31.3 Å². The summed E-state index contributed by atoms with van der Waals surface area (Å²) in [6, 6.07) is 2.68. The Morgan fingerprint density at radius 3 is 2.24 bits per heavy atom. The fourth-order valence-corrected chi connectivity index (χ4v) is 2.40. The summed E-state index contributed by atoms with van der Waals surface area (Å²) in [6.45, 7) is 3.50. The number of rotatable bonds is 7. The standard InChI is InChI=1S/C14H20N2O5/c1-19-12-9-11(16(17)18)10-13(20-2)14(12)21-8-7-15-5-3-4-6-15/h9-10H,3-8H2,1-2H3. The van der Waals surface area contributed by atoms with Crippen LogP contribution in [-0.4, -0.2) is 50.3 Å². The molecule has 21 heavy (non-hydrogen) atoms. The van der Waals surface area contributed by atoms with Crippen molar-refractivity contribution < 1.29 is 19.1 Å². The van der Waals surface area contributed by atoms with Crippen LogP contribution in [0.15, 0.2) is 12.1 Å². The van der Waals surface area contributed by atoms with Gasteiger partial charge in [0.25, 0.3) is 5.69 Å². The van der Waals surface area contributed by atoms with Crippen LogP contribution < -0.4 is 14.2 Å². The number of nitro benzene ring substituents is 1. The summed E-state index contributed by atoms with van der Waals surface area (Å²) >= 11 is 0. The number of ether oxygens (including phenoxy) is 3.